The van der Waals surface area contributed by atoms with Gasteiger partial charge in [0, 0.05) is 37.5 Å². The van der Waals surface area contributed by atoms with E-state index in [-0.39, 0.29) is 31.2 Å². The van der Waals surface area contributed by atoms with E-state index in [1.807, 2.05) is 24.3 Å². The van der Waals surface area contributed by atoms with Crippen molar-refractivity contribution in [2.45, 2.75) is 30.9 Å². The number of anilines is 1. The normalized spacial score (nSPS) is 27.3. The third kappa shape index (κ3) is 2.58. The first-order valence-corrected chi connectivity index (χ1v) is 7.09. The Balaban J connectivity index is 1.71. The van der Waals surface area contributed by atoms with Gasteiger partial charge in [-0.2, -0.15) is 0 Å². The van der Waals surface area contributed by atoms with Gasteiger partial charge in [0.15, 0.2) is 0 Å². The number of benzene rings is 1. The number of β-amino-alcohol motifs (C(OH)–C–C–N with tert-alkyl or cyclic N) is 1. The van der Waals surface area contributed by atoms with E-state index in [1.165, 1.54) is 4.90 Å². The molecule has 3 atom stereocenters. The second kappa shape index (κ2) is 5.37. The molecule has 2 aliphatic heterocycles. The first kappa shape index (κ1) is 13.9. The highest BCUT2D eigenvalue weighted by molar-refractivity contribution is 5.85. The van der Waals surface area contributed by atoms with Crippen LogP contribution in [-0.4, -0.2) is 52.2 Å². The summed E-state index contributed by atoms with van der Waals surface area (Å²) >= 11 is 0. The Bertz CT molecular complexity index is 575. The van der Waals surface area contributed by atoms with E-state index < -0.39 is 18.1 Å². The molecule has 1 fully saturated rings. The second-order valence-corrected chi connectivity index (χ2v) is 5.66. The van der Waals surface area contributed by atoms with Crippen LogP contribution in [0.3, 0.4) is 0 Å². The van der Waals surface area contributed by atoms with Crippen molar-refractivity contribution in [2.24, 2.45) is 0 Å². The smallest absolute Gasteiger partial charge is 0.326 e. The minimum atomic E-state index is -1.05. The number of hydrogen-bond donors (Lipinski definition) is 3. The Hall–Kier alpha value is -2.08. The van der Waals surface area contributed by atoms with Gasteiger partial charge >= 0.3 is 5.97 Å². The molecule has 3 N–H and O–H groups in total. The third-order valence-electron chi connectivity index (χ3n) is 4.24. The molecule has 0 spiro atoms. The number of para-hydroxylation sites is 1. The average Bonchev–Trinajstić information content (AvgIpc) is 3.03. The number of carboxylic acid groups (broad SMARTS) is 1. The SMILES string of the molecule is O=C(O)[C@@H]1C[C@H](O)CN1C(=O)CC1CNc2ccccc21. The second-order valence-electron chi connectivity index (χ2n) is 5.66. The van der Waals surface area contributed by atoms with Gasteiger partial charge in [0.25, 0.3) is 0 Å². The molecule has 1 unspecified atom stereocenters. The number of aliphatic hydroxyl groups is 1. The number of hydrogen-bond acceptors (Lipinski definition) is 4. The van der Waals surface area contributed by atoms with E-state index >= 15 is 0 Å². The lowest BCUT2D eigenvalue weighted by Crippen LogP contribution is -2.41. The molecular formula is C15H18N2O4. The first-order valence-electron chi connectivity index (χ1n) is 7.09. The summed E-state index contributed by atoms with van der Waals surface area (Å²) in [6, 6.07) is 6.92. The van der Waals surface area contributed by atoms with Gasteiger partial charge in [-0.25, -0.2) is 4.79 Å². The fraction of sp³-hybridized carbons (Fsp3) is 0.467. The molecular weight excluding hydrogens is 272 g/mol. The van der Waals surface area contributed by atoms with E-state index in [4.69, 9.17) is 5.11 Å². The van der Waals surface area contributed by atoms with Crippen molar-refractivity contribution in [1.82, 2.24) is 4.90 Å². The Kier molecular flexibility index (Phi) is 3.55. The molecule has 1 saturated heterocycles. The van der Waals surface area contributed by atoms with Crippen LogP contribution in [0.25, 0.3) is 0 Å². The number of likely N-dealkylation sites (tertiary alicyclic amines) is 1. The maximum absolute atomic E-state index is 12.4. The number of nitrogens with zero attached hydrogens (tertiary/aromatic N) is 1. The lowest BCUT2D eigenvalue weighted by atomic mass is 9.97. The van der Waals surface area contributed by atoms with E-state index in [1.54, 1.807) is 0 Å². The number of nitrogens with one attached hydrogen (secondary N) is 1. The van der Waals surface area contributed by atoms with Crippen LogP contribution >= 0.6 is 0 Å². The Morgan fingerprint density at radius 2 is 2.10 bits per heavy atom. The number of carbonyl (C=O) groups excluding carboxylic acids is 1. The molecule has 2 heterocycles. The summed E-state index contributed by atoms with van der Waals surface area (Å²) in [5, 5.41) is 22.0. The van der Waals surface area contributed by atoms with Gasteiger partial charge in [-0.3, -0.25) is 4.79 Å². The molecule has 1 aromatic carbocycles. The van der Waals surface area contributed by atoms with Gasteiger partial charge in [0.1, 0.15) is 6.04 Å². The molecule has 0 aromatic heterocycles. The van der Waals surface area contributed by atoms with Crippen molar-refractivity contribution >= 4 is 17.6 Å². The summed E-state index contributed by atoms with van der Waals surface area (Å²) in [6.45, 7) is 0.789. The Morgan fingerprint density at radius 1 is 1.33 bits per heavy atom. The number of aliphatic hydroxyl groups excluding tert-OH is 1. The van der Waals surface area contributed by atoms with Crippen LogP contribution in [0.15, 0.2) is 24.3 Å². The molecule has 1 amide bonds. The van der Waals surface area contributed by atoms with E-state index in [9.17, 15) is 14.7 Å². The van der Waals surface area contributed by atoms with Crippen LogP contribution in [0.5, 0.6) is 0 Å². The van der Waals surface area contributed by atoms with Crippen LogP contribution in [-0.2, 0) is 9.59 Å². The molecule has 1 aromatic rings. The lowest BCUT2D eigenvalue weighted by molar-refractivity contribution is -0.148. The van der Waals surface area contributed by atoms with Crippen molar-refractivity contribution in [3.05, 3.63) is 29.8 Å². The van der Waals surface area contributed by atoms with Gasteiger partial charge < -0.3 is 20.4 Å². The number of fused-ring (bicyclic) bond motifs is 1. The van der Waals surface area contributed by atoms with Crippen molar-refractivity contribution in [2.75, 3.05) is 18.4 Å². The van der Waals surface area contributed by atoms with Crippen molar-refractivity contribution in [1.29, 1.82) is 0 Å². The zero-order valence-corrected chi connectivity index (χ0v) is 11.5. The average molecular weight is 290 g/mol. The van der Waals surface area contributed by atoms with Gasteiger partial charge in [0.2, 0.25) is 5.91 Å². The summed E-state index contributed by atoms with van der Waals surface area (Å²) in [6.07, 6.45) is -0.370. The Labute approximate surface area is 122 Å². The van der Waals surface area contributed by atoms with Crippen LogP contribution in [0.2, 0.25) is 0 Å². The summed E-state index contributed by atoms with van der Waals surface area (Å²) in [4.78, 5) is 24.9. The van der Waals surface area contributed by atoms with Gasteiger partial charge in [-0.05, 0) is 11.6 Å². The van der Waals surface area contributed by atoms with Crippen molar-refractivity contribution < 1.29 is 19.8 Å². The van der Waals surface area contributed by atoms with Crippen LogP contribution < -0.4 is 5.32 Å². The van der Waals surface area contributed by atoms with Gasteiger partial charge in [-0.1, -0.05) is 18.2 Å². The fourth-order valence-corrected chi connectivity index (χ4v) is 3.19. The Morgan fingerprint density at radius 3 is 2.86 bits per heavy atom. The lowest BCUT2D eigenvalue weighted by Gasteiger charge is -2.22. The molecule has 112 valence electrons. The zero-order valence-electron chi connectivity index (χ0n) is 11.5. The minimum absolute atomic E-state index is 0.0564. The van der Waals surface area contributed by atoms with Crippen LogP contribution in [0.4, 0.5) is 5.69 Å². The predicted octanol–water partition coefficient (Wildman–Crippen LogP) is 0.632. The number of aliphatic carboxylic acids is 1. The molecule has 0 bridgehead atoms. The van der Waals surface area contributed by atoms with Crippen molar-refractivity contribution in [3.63, 3.8) is 0 Å². The maximum atomic E-state index is 12.4. The summed E-state index contributed by atoms with van der Waals surface area (Å²) in [5.41, 5.74) is 2.13. The van der Waals surface area contributed by atoms with E-state index in [2.05, 4.69) is 5.32 Å². The number of carboxylic acids is 1. The number of rotatable bonds is 3. The highest BCUT2D eigenvalue weighted by Gasteiger charge is 2.39. The topological polar surface area (TPSA) is 89.9 Å². The standard InChI is InChI=1S/C15H18N2O4/c18-10-6-13(15(20)21)17(8-10)14(19)5-9-7-16-12-4-2-1-3-11(9)12/h1-4,9-10,13,16,18H,5-8H2,(H,20,21)/t9?,10-,13-/m0/s1. The highest BCUT2D eigenvalue weighted by atomic mass is 16.4. The summed E-state index contributed by atoms with van der Waals surface area (Å²) < 4.78 is 0. The quantitative estimate of drug-likeness (QED) is 0.760. The van der Waals surface area contributed by atoms with E-state index in [0.29, 0.717) is 6.54 Å². The molecule has 0 aliphatic carbocycles. The van der Waals surface area contributed by atoms with Gasteiger partial charge in [0.05, 0.1) is 6.10 Å². The predicted molar refractivity (Wildman–Crippen MR) is 76.1 cm³/mol. The molecule has 6 nitrogen and oxygen atoms in total. The van der Waals surface area contributed by atoms with Crippen molar-refractivity contribution in [3.8, 4) is 0 Å². The molecule has 21 heavy (non-hydrogen) atoms. The molecule has 0 radical (unpaired) electrons. The summed E-state index contributed by atoms with van der Waals surface area (Å²) in [5.74, 6) is -1.20. The number of amides is 1. The van der Waals surface area contributed by atoms with Crippen LogP contribution in [0.1, 0.15) is 24.3 Å². The molecule has 3 rings (SSSR count). The van der Waals surface area contributed by atoms with Crippen LogP contribution in [0, 0.1) is 0 Å². The minimum Gasteiger partial charge on any atom is -0.480 e. The monoisotopic (exact) mass is 290 g/mol. The maximum Gasteiger partial charge on any atom is 0.326 e. The largest absolute Gasteiger partial charge is 0.480 e. The third-order valence-corrected chi connectivity index (χ3v) is 4.24. The number of carbonyl (C=O) groups is 2. The highest BCUT2D eigenvalue weighted by Crippen LogP contribution is 2.34. The van der Waals surface area contributed by atoms with E-state index in [0.717, 1.165) is 11.3 Å². The molecule has 2 aliphatic rings. The molecule has 0 saturated carbocycles. The molecule has 6 heteroatoms. The fourth-order valence-electron chi connectivity index (χ4n) is 3.19. The zero-order chi connectivity index (χ0) is 15.0. The van der Waals surface area contributed by atoms with Gasteiger partial charge in [-0.15, -0.1) is 0 Å². The summed E-state index contributed by atoms with van der Waals surface area (Å²) in [7, 11) is 0. The first-order chi connectivity index (χ1) is 10.1.